The second kappa shape index (κ2) is 6.53. The van der Waals surface area contributed by atoms with Crippen molar-refractivity contribution in [1.82, 2.24) is 10.2 Å². The molecular formula is C15H30N2O2. The minimum atomic E-state index is -0.0243. The van der Waals surface area contributed by atoms with Gasteiger partial charge in [-0.3, -0.25) is 4.90 Å². The van der Waals surface area contributed by atoms with E-state index in [1.807, 2.05) is 7.05 Å². The van der Waals surface area contributed by atoms with E-state index in [-0.39, 0.29) is 12.1 Å². The molecule has 1 heterocycles. The lowest BCUT2D eigenvalue weighted by Gasteiger charge is -2.38. The molecule has 112 valence electrons. The minimum absolute atomic E-state index is 0.0243. The molecule has 2 N–H and O–H groups in total. The first-order valence-corrected chi connectivity index (χ1v) is 7.77. The molecule has 4 heteroatoms. The first kappa shape index (κ1) is 15.2. The van der Waals surface area contributed by atoms with Crippen molar-refractivity contribution in [3.05, 3.63) is 0 Å². The molecule has 0 aromatic heterocycles. The van der Waals surface area contributed by atoms with E-state index in [2.05, 4.69) is 24.1 Å². The maximum atomic E-state index is 9.71. The molecule has 4 atom stereocenters. The van der Waals surface area contributed by atoms with Crippen LogP contribution in [-0.4, -0.2) is 61.0 Å². The number of ether oxygens (including phenoxy) is 1. The average Bonchev–Trinajstić information content (AvgIpc) is 2.78. The van der Waals surface area contributed by atoms with Crippen molar-refractivity contribution in [2.45, 2.75) is 57.3 Å². The number of likely N-dealkylation sites (N-methyl/N-ethyl adjacent to an activating group) is 1. The summed E-state index contributed by atoms with van der Waals surface area (Å²) in [6.07, 6.45) is 5.47. The van der Waals surface area contributed by atoms with Crippen molar-refractivity contribution in [3.8, 4) is 0 Å². The monoisotopic (exact) mass is 270 g/mol. The molecule has 0 aromatic rings. The molecule has 0 radical (unpaired) electrons. The molecule has 2 fully saturated rings. The van der Waals surface area contributed by atoms with Crippen molar-refractivity contribution < 1.29 is 9.84 Å². The van der Waals surface area contributed by atoms with Gasteiger partial charge in [0.25, 0.3) is 0 Å². The van der Waals surface area contributed by atoms with Gasteiger partial charge in [0.1, 0.15) is 0 Å². The van der Waals surface area contributed by atoms with Gasteiger partial charge in [0.2, 0.25) is 0 Å². The molecule has 4 nitrogen and oxygen atoms in total. The zero-order valence-electron chi connectivity index (χ0n) is 12.7. The summed E-state index contributed by atoms with van der Waals surface area (Å²) in [5, 5.41) is 13.1. The molecule has 2 rings (SSSR count). The number of morpholine rings is 1. The van der Waals surface area contributed by atoms with E-state index in [1.54, 1.807) is 0 Å². The molecule has 0 bridgehead atoms. The number of hydrogen-bond acceptors (Lipinski definition) is 4. The third-order valence-electron chi connectivity index (χ3n) is 5.03. The Balaban J connectivity index is 1.84. The Morgan fingerprint density at radius 2 is 2.00 bits per heavy atom. The minimum Gasteiger partial charge on any atom is -0.394 e. The Morgan fingerprint density at radius 3 is 2.58 bits per heavy atom. The van der Waals surface area contributed by atoms with Crippen molar-refractivity contribution >= 4 is 0 Å². The third kappa shape index (κ3) is 3.48. The predicted molar refractivity (Wildman–Crippen MR) is 77.3 cm³/mol. The van der Waals surface area contributed by atoms with Gasteiger partial charge in [0, 0.05) is 18.6 Å². The van der Waals surface area contributed by atoms with Crippen LogP contribution in [0.3, 0.4) is 0 Å². The molecule has 1 aliphatic carbocycles. The standard InChI is InChI=1S/C15H30N2O2/c1-12-9-17(10-13(2)19-12)8-6-14-5-4-7-15(14,11-18)16-3/h12-14,16,18H,4-11H2,1-3H3/t12-,13+,14?,15?. The Kier molecular flexibility index (Phi) is 5.23. The van der Waals surface area contributed by atoms with Crippen LogP contribution >= 0.6 is 0 Å². The number of rotatable bonds is 5. The molecule has 0 spiro atoms. The van der Waals surface area contributed by atoms with Gasteiger partial charge in [-0.2, -0.15) is 0 Å². The molecule has 0 aromatic carbocycles. The number of aliphatic hydroxyl groups is 1. The Bertz CT molecular complexity index is 271. The molecular weight excluding hydrogens is 240 g/mol. The fourth-order valence-electron chi connectivity index (χ4n) is 3.99. The van der Waals surface area contributed by atoms with Crippen LogP contribution in [0.25, 0.3) is 0 Å². The number of aliphatic hydroxyl groups excluding tert-OH is 1. The highest BCUT2D eigenvalue weighted by Gasteiger charge is 2.40. The van der Waals surface area contributed by atoms with Gasteiger partial charge in [0.05, 0.1) is 18.8 Å². The molecule has 19 heavy (non-hydrogen) atoms. The number of hydrogen-bond donors (Lipinski definition) is 2. The van der Waals surface area contributed by atoms with Gasteiger partial charge < -0.3 is 15.2 Å². The topological polar surface area (TPSA) is 44.7 Å². The lowest BCUT2D eigenvalue weighted by atomic mass is 9.85. The highest BCUT2D eigenvalue weighted by atomic mass is 16.5. The number of nitrogens with one attached hydrogen (secondary N) is 1. The van der Waals surface area contributed by atoms with E-state index in [9.17, 15) is 5.11 Å². The highest BCUT2D eigenvalue weighted by Crippen LogP contribution is 2.37. The smallest absolute Gasteiger partial charge is 0.0678 e. The van der Waals surface area contributed by atoms with Crippen molar-refractivity contribution in [2.75, 3.05) is 33.3 Å². The zero-order valence-corrected chi connectivity index (χ0v) is 12.7. The van der Waals surface area contributed by atoms with Crippen LogP contribution in [0.4, 0.5) is 0 Å². The SMILES string of the molecule is CNC1(CO)CCCC1CCN1C[C@@H](C)O[C@@H](C)C1. The molecule has 2 unspecified atom stereocenters. The van der Waals surface area contributed by atoms with Crippen LogP contribution in [0, 0.1) is 5.92 Å². The fraction of sp³-hybridized carbons (Fsp3) is 1.00. The van der Waals surface area contributed by atoms with Crippen LogP contribution < -0.4 is 5.32 Å². The van der Waals surface area contributed by atoms with Gasteiger partial charge in [-0.25, -0.2) is 0 Å². The first-order chi connectivity index (χ1) is 9.09. The molecule has 1 saturated heterocycles. The van der Waals surface area contributed by atoms with Crippen LogP contribution in [0.15, 0.2) is 0 Å². The van der Waals surface area contributed by atoms with E-state index in [4.69, 9.17) is 4.74 Å². The second-order valence-corrected chi connectivity index (χ2v) is 6.46. The van der Waals surface area contributed by atoms with Crippen molar-refractivity contribution in [3.63, 3.8) is 0 Å². The predicted octanol–water partition coefficient (Wildman–Crippen LogP) is 1.24. The van der Waals surface area contributed by atoms with Gasteiger partial charge in [0.15, 0.2) is 0 Å². The normalized spacial score (nSPS) is 40.7. The highest BCUT2D eigenvalue weighted by molar-refractivity contribution is 4.98. The summed E-state index contributed by atoms with van der Waals surface area (Å²) >= 11 is 0. The Morgan fingerprint density at radius 1 is 1.32 bits per heavy atom. The van der Waals surface area contributed by atoms with E-state index in [1.165, 1.54) is 19.3 Å². The fourth-order valence-corrected chi connectivity index (χ4v) is 3.99. The van der Waals surface area contributed by atoms with E-state index < -0.39 is 0 Å². The Hall–Kier alpha value is -0.160. The third-order valence-corrected chi connectivity index (χ3v) is 5.03. The average molecular weight is 270 g/mol. The summed E-state index contributed by atoms with van der Waals surface area (Å²) in [5.41, 5.74) is -0.0243. The van der Waals surface area contributed by atoms with E-state index >= 15 is 0 Å². The van der Waals surface area contributed by atoms with Crippen LogP contribution in [0.1, 0.15) is 39.5 Å². The largest absolute Gasteiger partial charge is 0.394 e. The first-order valence-electron chi connectivity index (χ1n) is 7.77. The summed E-state index contributed by atoms with van der Waals surface area (Å²) in [6.45, 7) is 7.80. The summed E-state index contributed by atoms with van der Waals surface area (Å²) in [5.74, 6) is 0.607. The molecule has 2 aliphatic rings. The number of nitrogens with zero attached hydrogens (tertiary/aromatic N) is 1. The second-order valence-electron chi connectivity index (χ2n) is 6.46. The molecule has 1 aliphatic heterocycles. The van der Waals surface area contributed by atoms with Crippen LogP contribution in [0.5, 0.6) is 0 Å². The van der Waals surface area contributed by atoms with E-state index in [0.29, 0.717) is 18.1 Å². The summed E-state index contributed by atoms with van der Waals surface area (Å²) in [7, 11) is 1.99. The van der Waals surface area contributed by atoms with E-state index in [0.717, 1.165) is 26.1 Å². The van der Waals surface area contributed by atoms with Gasteiger partial charge in [-0.1, -0.05) is 6.42 Å². The summed E-state index contributed by atoms with van der Waals surface area (Å²) in [6, 6.07) is 0. The van der Waals surface area contributed by atoms with Gasteiger partial charge in [-0.15, -0.1) is 0 Å². The maximum absolute atomic E-state index is 9.71. The quantitative estimate of drug-likeness (QED) is 0.789. The molecule has 0 amide bonds. The lowest BCUT2D eigenvalue weighted by molar-refractivity contribution is -0.0697. The van der Waals surface area contributed by atoms with Gasteiger partial charge in [-0.05, 0) is 52.6 Å². The zero-order chi connectivity index (χ0) is 13.9. The lowest BCUT2D eigenvalue weighted by Crippen LogP contribution is -2.51. The summed E-state index contributed by atoms with van der Waals surface area (Å²) < 4.78 is 5.78. The Labute approximate surface area is 117 Å². The van der Waals surface area contributed by atoms with Gasteiger partial charge >= 0.3 is 0 Å². The van der Waals surface area contributed by atoms with Crippen molar-refractivity contribution in [2.24, 2.45) is 5.92 Å². The van der Waals surface area contributed by atoms with Crippen molar-refractivity contribution in [1.29, 1.82) is 0 Å². The van der Waals surface area contributed by atoms with Crippen LogP contribution in [-0.2, 0) is 4.74 Å². The maximum Gasteiger partial charge on any atom is 0.0678 e. The molecule has 1 saturated carbocycles. The summed E-state index contributed by atoms with van der Waals surface area (Å²) in [4.78, 5) is 2.52. The van der Waals surface area contributed by atoms with Crippen LogP contribution in [0.2, 0.25) is 0 Å².